The van der Waals surface area contributed by atoms with Crippen LogP contribution in [0, 0.1) is 23.2 Å². The first kappa shape index (κ1) is 17.2. The molecule has 134 valence electrons. The van der Waals surface area contributed by atoms with E-state index in [1.807, 2.05) is 6.92 Å². The van der Waals surface area contributed by atoms with Crippen molar-refractivity contribution >= 4 is 17.9 Å². The van der Waals surface area contributed by atoms with E-state index >= 15 is 0 Å². The van der Waals surface area contributed by atoms with E-state index in [0.717, 1.165) is 12.8 Å². The van der Waals surface area contributed by atoms with Gasteiger partial charge in [0.25, 0.3) is 5.79 Å². The van der Waals surface area contributed by atoms with Crippen LogP contribution < -0.4 is 0 Å². The van der Waals surface area contributed by atoms with Crippen LogP contribution in [0.1, 0.15) is 60.3 Å². The molecule has 2 bridgehead atoms. The lowest BCUT2D eigenvalue weighted by molar-refractivity contribution is -0.237. The number of carbonyl (C=O) groups excluding carboxylic acids is 3. The fourth-order valence-corrected chi connectivity index (χ4v) is 3.95. The standard InChI is InChI=1S/C18H26O6/c1-6-16(2,3)14(20)23-17(4,5)15(21)24-18-9-10-7-11(12(18)8-10)13(19)22-18/h10-12H,6-9H2,1-5H3. The van der Waals surface area contributed by atoms with Crippen molar-refractivity contribution < 1.29 is 28.6 Å². The van der Waals surface area contributed by atoms with Gasteiger partial charge in [0.15, 0.2) is 0 Å². The van der Waals surface area contributed by atoms with Gasteiger partial charge < -0.3 is 14.2 Å². The zero-order chi connectivity index (χ0) is 17.9. The Morgan fingerprint density at radius 1 is 1.21 bits per heavy atom. The Morgan fingerprint density at radius 3 is 2.46 bits per heavy atom. The van der Waals surface area contributed by atoms with Crippen molar-refractivity contribution in [2.75, 3.05) is 0 Å². The molecule has 2 aliphatic carbocycles. The van der Waals surface area contributed by atoms with Crippen LogP contribution in [0.15, 0.2) is 0 Å². The Balaban J connectivity index is 1.71. The number of esters is 3. The molecule has 6 nitrogen and oxygen atoms in total. The maximum absolute atomic E-state index is 12.6. The first-order chi connectivity index (χ1) is 11.0. The summed E-state index contributed by atoms with van der Waals surface area (Å²) in [7, 11) is 0. The zero-order valence-corrected chi connectivity index (χ0v) is 15.0. The van der Waals surface area contributed by atoms with Crippen LogP contribution in [-0.2, 0) is 28.6 Å². The number of rotatable bonds is 5. The molecule has 1 heterocycles. The Bertz CT molecular complexity index is 592. The topological polar surface area (TPSA) is 78.9 Å². The van der Waals surface area contributed by atoms with Gasteiger partial charge >= 0.3 is 17.9 Å². The number of fused-ring (bicyclic) bond motifs is 1. The van der Waals surface area contributed by atoms with Gasteiger partial charge in [-0.15, -0.1) is 0 Å². The average Bonchev–Trinajstić information content (AvgIpc) is 3.07. The summed E-state index contributed by atoms with van der Waals surface area (Å²) in [4.78, 5) is 36.9. The van der Waals surface area contributed by atoms with Crippen LogP contribution in [0.2, 0.25) is 0 Å². The molecule has 6 heteroatoms. The van der Waals surface area contributed by atoms with Crippen molar-refractivity contribution in [3.8, 4) is 0 Å². The van der Waals surface area contributed by atoms with Crippen LogP contribution in [0.4, 0.5) is 0 Å². The van der Waals surface area contributed by atoms with Gasteiger partial charge in [-0.1, -0.05) is 6.92 Å². The summed E-state index contributed by atoms with van der Waals surface area (Å²) in [6.45, 7) is 8.45. The summed E-state index contributed by atoms with van der Waals surface area (Å²) in [5.41, 5.74) is -2.10. The third-order valence-electron chi connectivity index (χ3n) is 5.92. The molecule has 1 saturated heterocycles. The fraction of sp³-hybridized carbons (Fsp3) is 0.833. The first-order valence-electron chi connectivity index (χ1n) is 8.70. The number of ether oxygens (including phenoxy) is 3. The third-order valence-corrected chi connectivity index (χ3v) is 5.92. The Kier molecular flexibility index (Phi) is 3.74. The van der Waals surface area contributed by atoms with Crippen molar-refractivity contribution in [2.45, 2.75) is 71.7 Å². The van der Waals surface area contributed by atoms with Gasteiger partial charge in [-0.05, 0) is 52.9 Å². The number of hydrogen-bond donors (Lipinski definition) is 0. The van der Waals surface area contributed by atoms with Crippen molar-refractivity contribution in [3.63, 3.8) is 0 Å². The molecule has 0 aromatic heterocycles. The summed E-state index contributed by atoms with van der Waals surface area (Å²) < 4.78 is 16.5. The molecule has 0 spiro atoms. The molecule has 3 fully saturated rings. The summed E-state index contributed by atoms with van der Waals surface area (Å²) in [5.74, 6) is -2.37. The normalized spacial score (nSPS) is 34.2. The minimum absolute atomic E-state index is 0.0578. The van der Waals surface area contributed by atoms with E-state index in [9.17, 15) is 14.4 Å². The minimum atomic E-state index is -1.43. The van der Waals surface area contributed by atoms with Crippen LogP contribution in [0.5, 0.6) is 0 Å². The first-order valence-corrected chi connectivity index (χ1v) is 8.70. The van der Waals surface area contributed by atoms with E-state index in [-0.39, 0.29) is 17.8 Å². The van der Waals surface area contributed by atoms with E-state index in [4.69, 9.17) is 14.2 Å². The SMILES string of the molecule is CCC(C)(C)C(=O)OC(C)(C)C(=O)OC12CC3CC(C(=O)O1)C2C3. The molecule has 4 atom stereocenters. The molecule has 3 aliphatic rings. The highest BCUT2D eigenvalue weighted by atomic mass is 16.7. The van der Waals surface area contributed by atoms with Gasteiger partial charge in [-0.3, -0.25) is 9.59 Å². The van der Waals surface area contributed by atoms with Gasteiger partial charge in [-0.2, -0.15) is 0 Å². The second-order valence-corrected chi connectivity index (χ2v) is 8.51. The third kappa shape index (κ3) is 2.50. The molecular weight excluding hydrogens is 312 g/mol. The van der Waals surface area contributed by atoms with E-state index in [1.54, 1.807) is 13.8 Å². The summed E-state index contributed by atoms with van der Waals surface area (Å²) >= 11 is 0. The van der Waals surface area contributed by atoms with Gasteiger partial charge in [0.2, 0.25) is 5.60 Å². The van der Waals surface area contributed by atoms with Gasteiger partial charge in [-0.25, -0.2) is 4.79 Å². The smallest absolute Gasteiger partial charge is 0.353 e. The lowest BCUT2D eigenvalue weighted by Gasteiger charge is -2.34. The highest BCUT2D eigenvalue weighted by Crippen LogP contribution is 2.61. The van der Waals surface area contributed by atoms with Gasteiger partial charge in [0, 0.05) is 6.42 Å². The molecule has 4 unspecified atom stereocenters. The summed E-state index contributed by atoms with van der Waals surface area (Å²) in [6, 6.07) is 0. The maximum Gasteiger partial charge on any atom is 0.353 e. The van der Waals surface area contributed by atoms with Crippen molar-refractivity contribution in [1.82, 2.24) is 0 Å². The molecule has 0 aromatic rings. The molecule has 0 amide bonds. The van der Waals surface area contributed by atoms with E-state index in [1.165, 1.54) is 13.8 Å². The number of hydrogen-bond acceptors (Lipinski definition) is 6. The molecule has 3 rings (SSSR count). The van der Waals surface area contributed by atoms with Gasteiger partial charge in [0.05, 0.1) is 17.3 Å². The maximum atomic E-state index is 12.6. The summed E-state index contributed by atoms with van der Waals surface area (Å²) in [5, 5.41) is 0. The lowest BCUT2D eigenvalue weighted by atomic mass is 9.87. The molecule has 24 heavy (non-hydrogen) atoms. The van der Waals surface area contributed by atoms with Crippen LogP contribution >= 0.6 is 0 Å². The second kappa shape index (κ2) is 5.20. The predicted molar refractivity (Wildman–Crippen MR) is 83.5 cm³/mol. The minimum Gasteiger partial charge on any atom is -0.447 e. The Labute approximate surface area is 142 Å². The van der Waals surface area contributed by atoms with Gasteiger partial charge in [0.1, 0.15) is 0 Å². The second-order valence-electron chi connectivity index (χ2n) is 8.51. The largest absolute Gasteiger partial charge is 0.447 e. The number of carbonyl (C=O) groups is 3. The van der Waals surface area contributed by atoms with E-state index in [2.05, 4.69) is 0 Å². The van der Waals surface area contributed by atoms with Crippen molar-refractivity contribution in [2.24, 2.45) is 23.2 Å². The Morgan fingerprint density at radius 2 is 1.88 bits per heavy atom. The molecular formula is C18H26O6. The monoisotopic (exact) mass is 338 g/mol. The predicted octanol–water partition coefficient (Wildman–Crippen LogP) is 2.59. The Hall–Kier alpha value is -1.59. The van der Waals surface area contributed by atoms with Crippen molar-refractivity contribution in [1.29, 1.82) is 0 Å². The summed E-state index contributed by atoms with van der Waals surface area (Å²) in [6.07, 6.45) is 2.83. The van der Waals surface area contributed by atoms with Crippen LogP contribution in [0.25, 0.3) is 0 Å². The zero-order valence-electron chi connectivity index (χ0n) is 15.0. The quantitative estimate of drug-likeness (QED) is 0.717. The highest BCUT2D eigenvalue weighted by molar-refractivity contribution is 5.85. The fourth-order valence-electron chi connectivity index (χ4n) is 3.95. The average molecular weight is 338 g/mol. The molecule has 1 aliphatic heterocycles. The van der Waals surface area contributed by atoms with Crippen LogP contribution in [-0.4, -0.2) is 29.3 Å². The van der Waals surface area contributed by atoms with Crippen molar-refractivity contribution in [3.05, 3.63) is 0 Å². The molecule has 2 saturated carbocycles. The highest BCUT2D eigenvalue weighted by Gasteiger charge is 2.68. The molecule has 0 aromatic carbocycles. The van der Waals surface area contributed by atoms with E-state index in [0.29, 0.717) is 18.8 Å². The van der Waals surface area contributed by atoms with E-state index < -0.39 is 28.7 Å². The lowest BCUT2D eigenvalue weighted by Crippen LogP contribution is -2.48. The molecule has 0 radical (unpaired) electrons. The molecule has 0 N–H and O–H groups in total. The van der Waals surface area contributed by atoms with Crippen LogP contribution in [0.3, 0.4) is 0 Å².